The van der Waals surface area contributed by atoms with Crippen LogP contribution in [0.2, 0.25) is 0 Å². The number of nitrogens with one attached hydrogen (secondary N) is 2. The van der Waals surface area contributed by atoms with E-state index in [1.807, 2.05) is 60.7 Å². The summed E-state index contributed by atoms with van der Waals surface area (Å²) in [4.78, 5) is 5.13. The average Bonchev–Trinajstić information content (AvgIpc) is 3.49. The van der Waals surface area contributed by atoms with E-state index in [0.717, 1.165) is 47.0 Å². The Labute approximate surface area is 185 Å². The fourth-order valence-corrected chi connectivity index (χ4v) is 6.21. The molecule has 6 nitrogen and oxygen atoms in total. The summed E-state index contributed by atoms with van der Waals surface area (Å²) in [5.41, 5.74) is 1.42. The molecule has 1 atom stereocenters. The van der Waals surface area contributed by atoms with Gasteiger partial charge in [0.15, 0.2) is 0 Å². The largest absolute Gasteiger partial charge is 0.365 e. The van der Waals surface area contributed by atoms with Crippen LogP contribution in [-0.4, -0.2) is 36.5 Å². The van der Waals surface area contributed by atoms with Gasteiger partial charge in [0.2, 0.25) is 0 Å². The fraction of sp³-hybridized carbons (Fsp3) is 0.160. The maximum Gasteiger partial charge on any atom is 0.268 e. The third-order valence-electron chi connectivity index (χ3n) is 6.19. The molecule has 6 rings (SSSR count). The number of hydrogen-bond donors (Lipinski definition) is 2. The lowest BCUT2D eigenvalue weighted by molar-refractivity contribution is 0.590. The van der Waals surface area contributed by atoms with Crippen LogP contribution in [0.3, 0.4) is 0 Å². The van der Waals surface area contributed by atoms with E-state index < -0.39 is 10.0 Å². The Bertz CT molecular complexity index is 1580. The smallest absolute Gasteiger partial charge is 0.268 e. The van der Waals surface area contributed by atoms with Gasteiger partial charge in [-0.25, -0.2) is 17.4 Å². The van der Waals surface area contributed by atoms with Gasteiger partial charge in [0, 0.05) is 34.9 Å². The van der Waals surface area contributed by atoms with Crippen molar-refractivity contribution in [2.45, 2.75) is 17.4 Å². The Hall–Kier alpha value is -3.42. The lowest BCUT2D eigenvalue weighted by Gasteiger charge is -2.16. The van der Waals surface area contributed by atoms with Crippen LogP contribution < -0.4 is 10.6 Å². The fourth-order valence-electron chi connectivity index (χ4n) is 4.63. The molecule has 160 valence electrons. The highest BCUT2D eigenvalue weighted by Crippen LogP contribution is 2.34. The molecule has 3 heterocycles. The third kappa shape index (κ3) is 2.97. The summed E-state index contributed by atoms with van der Waals surface area (Å²) in [7, 11) is -3.84. The first-order valence-electron chi connectivity index (χ1n) is 10.7. The van der Waals surface area contributed by atoms with E-state index in [9.17, 15) is 8.42 Å². The van der Waals surface area contributed by atoms with Crippen LogP contribution >= 0.6 is 0 Å². The van der Waals surface area contributed by atoms with Gasteiger partial charge in [-0.3, -0.25) is 0 Å². The van der Waals surface area contributed by atoms with Crippen molar-refractivity contribution < 1.29 is 8.42 Å². The van der Waals surface area contributed by atoms with Crippen molar-refractivity contribution in [2.75, 3.05) is 18.4 Å². The third-order valence-corrected chi connectivity index (χ3v) is 7.92. The zero-order valence-corrected chi connectivity index (χ0v) is 18.1. The summed E-state index contributed by atoms with van der Waals surface area (Å²) in [5, 5.41) is 10.1. The molecule has 1 unspecified atom stereocenters. The van der Waals surface area contributed by atoms with Gasteiger partial charge in [-0.1, -0.05) is 54.6 Å². The van der Waals surface area contributed by atoms with Gasteiger partial charge >= 0.3 is 0 Å². The van der Waals surface area contributed by atoms with E-state index >= 15 is 0 Å². The van der Waals surface area contributed by atoms with E-state index in [-0.39, 0.29) is 6.04 Å². The molecule has 0 spiro atoms. The van der Waals surface area contributed by atoms with Crippen molar-refractivity contribution in [3.05, 3.63) is 79.0 Å². The summed E-state index contributed by atoms with van der Waals surface area (Å²) in [6.07, 6.45) is 2.65. The van der Waals surface area contributed by atoms with Crippen molar-refractivity contribution >= 4 is 48.4 Å². The van der Waals surface area contributed by atoms with Crippen LogP contribution in [0.4, 0.5) is 5.82 Å². The SMILES string of the molecule is O=S(=O)(c1cccc2ccccc12)n1ccc2c(NC3CCNC3)nc3ccccc3c21. The first-order chi connectivity index (χ1) is 15.6. The highest BCUT2D eigenvalue weighted by Gasteiger charge is 2.25. The van der Waals surface area contributed by atoms with Crippen LogP contribution in [-0.2, 0) is 10.0 Å². The molecule has 2 aromatic heterocycles. The molecular formula is C25H22N4O2S. The summed E-state index contributed by atoms with van der Waals surface area (Å²) in [5.74, 6) is 0.722. The molecule has 5 aromatic rings. The number of nitrogens with zero attached hydrogens (tertiary/aromatic N) is 2. The van der Waals surface area contributed by atoms with Gasteiger partial charge in [0.1, 0.15) is 5.82 Å². The zero-order chi connectivity index (χ0) is 21.7. The maximum atomic E-state index is 13.9. The minimum atomic E-state index is -3.84. The van der Waals surface area contributed by atoms with Gasteiger partial charge in [0.25, 0.3) is 10.0 Å². The van der Waals surface area contributed by atoms with Crippen LogP contribution in [0.5, 0.6) is 0 Å². The molecule has 0 aliphatic carbocycles. The number of rotatable bonds is 4. The second kappa shape index (κ2) is 7.32. The van der Waals surface area contributed by atoms with Crippen molar-refractivity contribution in [1.82, 2.24) is 14.3 Å². The molecule has 3 aromatic carbocycles. The minimum Gasteiger partial charge on any atom is -0.365 e. The quantitative estimate of drug-likeness (QED) is 0.433. The van der Waals surface area contributed by atoms with E-state index in [1.54, 1.807) is 18.3 Å². The van der Waals surface area contributed by atoms with Gasteiger partial charge in [0.05, 0.1) is 15.9 Å². The molecule has 1 aliphatic rings. The molecule has 0 bridgehead atoms. The van der Waals surface area contributed by atoms with Crippen LogP contribution in [0.15, 0.2) is 83.9 Å². The van der Waals surface area contributed by atoms with Crippen molar-refractivity contribution in [3.8, 4) is 0 Å². The lowest BCUT2D eigenvalue weighted by Crippen LogP contribution is -2.22. The predicted octanol–water partition coefficient (Wildman–Crippen LogP) is 4.35. The number of benzene rings is 3. The average molecular weight is 443 g/mol. The van der Waals surface area contributed by atoms with Gasteiger partial charge in [-0.2, -0.15) is 0 Å². The Morgan fingerprint density at radius 2 is 1.69 bits per heavy atom. The minimum absolute atomic E-state index is 0.268. The Balaban J connectivity index is 1.62. The van der Waals surface area contributed by atoms with Crippen LogP contribution in [0.25, 0.3) is 32.6 Å². The van der Waals surface area contributed by atoms with Crippen molar-refractivity contribution in [2.24, 2.45) is 0 Å². The molecule has 1 saturated heterocycles. The monoisotopic (exact) mass is 442 g/mol. The molecule has 32 heavy (non-hydrogen) atoms. The summed E-state index contributed by atoms with van der Waals surface area (Å²) >= 11 is 0. The number of fused-ring (bicyclic) bond motifs is 4. The molecule has 7 heteroatoms. The highest BCUT2D eigenvalue weighted by atomic mass is 32.2. The number of anilines is 1. The molecule has 1 fully saturated rings. The number of hydrogen-bond acceptors (Lipinski definition) is 5. The normalized spacial score (nSPS) is 16.8. The van der Waals surface area contributed by atoms with Crippen LogP contribution in [0.1, 0.15) is 6.42 Å². The Morgan fingerprint density at radius 1 is 0.906 bits per heavy atom. The van der Waals surface area contributed by atoms with Gasteiger partial charge < -0.3 is 10.6 Å². The second-order valence-corrected chi connectivity index (χ2v) is 9.95. The summed E-state index contributed by atoms with van der Waals surface area (Å²) < 4.78 is 29.3. The van der Waals surface area contributed by atoms with Crippen LogP contribution in [0, 0.1) is 0 Å². The maximum absolute atomic E-state index is 13.9. The molecule has 1 aliphatic heterocycles. The van der Waals surface area contributed by atoms with E-state index in [0.29, 0.717) is 15.8 Å². The number of pyridine rings is 1. The second-order valence-electron chi connectivity index (χ2n) is 8.17. The van der Waals surface area contributed by atoms with E-state index in [4.69, 9.17) is 4.98 Å². The van der Waals surface area contributed by atoms with Crippen molar-refractivity contribution in [3.63, 3.8) is 0 Å². The molecule has 0 saturated carbocycles. The zero-order valence-electron chi connectivity index (χ0n) is 17.3. The lowest BCUT2D eigenvalue weighted by atomic mass is 10.1. The number of para-hydroxylation sites is 1. The first-order valence-corrected chi connectivity index (χ1v) is 12.2. The van der Waals surface area contributed by atoms with E-state index in [2.05, 4.69) is 10.6 Å². The van der Waals surface area contributed by atoms with Crippen molar-refractivity contribution in [1.29, 1.82) is 0 Å². The van der Waals surface area contributed by atoms with Gasteiger partial charge in [-0.15, -0.1) is 0 Å². The first kappa shape index (κ1) is 19.3. The van der Waals surface area contributed by atoms with Gasteiger partial charge in [-0.05, 0) is 36.6 Å². The molecule has 0 radical (unpaired) electrons. The number of aromatic nitrogens is 2. The standard InChI is InChI=1S/C25H22N4O2S/c30-32(31,23-11-5-7-17-6-1-2-8-19(17)23)29-15-13-21-24(29)20-9-3-4-10-22(20)28-25(21)27-18-12-14-26-16-18/h1-11,13,15,18,26H,12,14,16H2,(H,27,28). The molecule has 0 amide bonds. The summed E-state index contributed by atoms with van der Waals surface area (Å²) in [6, 6.07) is 22.8. The predicted molar refractivity (Wildman–Crippen MR) is 129 cm³/mol. The topological polar surface area (TPSA) is 76.0 Å². The summed E-state index contributed by atoms with van der Waals surface area (Å²) in [6.45, 7) is 1.83. The molecular weight excluding hydrogens is 420 g/mol. The Morgan fingerprint density at radius 3 is 2.53 bits per heavy atom. The highest BCUT2D eigenvalue weighted by molar-refractivity contribution is 7.90. The molecule has 2 N–H and O–H groups in total. The Kier molecular flexibility index (Phi) is 4.41. The van der Waals surface area contributed by atoms with E-state index in [1.165, 1.54) is 3.97 Å².